The van der Waals surface area contributed by atoms with Crippen molar-refractivity contribution in [2.24, 2.45) is 5.10 Å². The summed E-state index contributed by atoms with van der Waals surface area (Å²) in [4.78, 5) is 0. The van der Waals surface area contributed by atoms with Gasteiger partial charge in [-0.15, -0.1) is 0 Å². The highest BCUT2D eigenvalue weighted by molar-refractivity contribution is 5.52. The number of benzene rings is 1. The minimum Gasteiger partial charge on any atom is -0.383 e. The predicted octanol–water partition coefficient (Wildman–Crippen LogP) is 2.04. The quantitative estimate of drug-likeness (QED) is 0.569. The van der Waals surface area contributed by atoms with E-state index < -0.39 is 0 Å². The molecule has 0 heterocycles. The van der Waals surface area contributed by atoms with Crippen molar-refractivity contribution < 1.29 is 0 Å². The lowest BCUT2D eigenvalue weighted by Gasteiger charge is -2.13. The molecule has 76 valence electrons. The zero-order chi connectivity index (χ0) is 10.2. The largest absolute Gasteiger partial charge is 0.383 e. The van der Waals surface area contributed by atoms with Crippen LogP contribution in [-0.2, 0) is 0 Å². The molecule has 0 aromatic heterocycles. The number of nitrogens with one attached hydrogen (secondary N) is 1. The molecule has 3 heteroatoms. The number of nitrogens with zero attached hydrogens (tertiary/aromatic N) is 2. The summed E-state index contributed by atoms with van der Waals surface area (Å²) < 4.78 is 0. The molecular formula is C11H17N3. The fraction of sp³-hybridized carbons (Fsp3) is 0.364. The Morgan fingerprint density at radius 3 is 2.71 bits per heavy atom. The van der Waals surface area contributed by atoms with E-state index in [1.807, 2.05) is 37.2 Å². The second-order valence-corrected chi connectivity index (χ2v) is 3.05. The van der Waals surface area contributed by atoms with Gasteiger partial charge < -0.3 is 5.32 Å². The van der Waals surface area contributed by atoms with Crippen molar-refractivity contribution >= 4 is 11.9 Å². The molecule has 0 saturated carbocycles. The Morgan fingerprint density at radius 2 is 2.07 bits per heavy atom. The molecule has 0 aliphatic rings. The van der Waals surface area contributed by atoms with Crippen molar-refractivity contribution in [3.63, 3.8) is 0 Å². The van der Waals surface area contributed by atoms with Gasteiger partial charge in [0.2, 0.25) is 0 Å². The number of hydrogen-bond donors (Lipinski definition) is 1. The number of rotatable bonds is 5. The van der Waals surface area contributed by atoms with Crippen LogP contribution in [0.5, 0.6) is 0 Å². The SMILES string of the molecule is C/C=N/N(C)CCNc1ccccc1. The van der Waals surface area contributed by atoms with Gasteiger partial charge in [-0.05, 0) is 19.1 Å². The normalized spacial score (nSPS) is 10.4. The number of hydrazone groups is 1. The lowest BCUT2D eigenvalue weighted by Crippen LogP contribution is -2.20. The van der Waals surface area contributed by atoms with Gasteiger partial charge in [-0.2, -0.15) is 5.10 Å². The molecule has 0 bridgehead atoms. The molecule has 1 rings (SSSR count). The first-order valence-corrected chi connectivity index (χ1v) is 4.81. The summed E-state index contributed by atoms with van der Waals surface area (Å²) in [6.07, 6.45) is 1.79. The van der Waals surface area contributed by atoms with Gasteiger partial charge in [0.1, 0.15) is 0 Å². The Bertz CT molecular complexity index is 269. The Labute approximate surface area is 85.4 Å². The van der Waals surface area contributed by atoms with Crippen LogP contribution in [-0.4, -0.2) is 31.4 Å². The van der Waals surface area contributed by atoms with Crippen LogP contribution in [0.25, 0.3) is 0 Å². The molecule has 3 nitrogen and oxygen atoms in total. The van der Waals surface area contributed by atoms with Gasteiger partial charge in [-0.25, -0.2) is 0 Å². The second-order valence-electron chi connectivity index (χ2n) is 3.05. The molecule has 0 aliphatic heterocycles. The van der Waals surface area contributed by atoms with Gasteiger partial charge in [0.05, 0.1) is 6.54 Å². The Kier molecular flexibility index (Phi) is 4.55. The first-order chi connectivity index (χ1) is 6.83. The summed E-state index contributed by atoms with van der Waals surface area (Å²) >= 11 is 0. The lowest BCUT2D eigenvalue weighted by atomic mass is 10.3. The summed E-state index contributed by atoms with van der Waals surface area (Å²) in [5.74, 6) is 0. The molecule has 0 aliphatic carbocycles. The summed E-state index contributed by atoms with van der Waals surface area (Å²) in [7, 11) is 1.96. The van der Waals surface area contributed by atoms with E-state index in [0.29, 0.717) is 0 Å². The lowest BCUT2D eigenvalue weighted by molar-refractivity contribution is 0.370. The van der Waals surface area contributed by atoms with Gasteiger partial charge >= 0.3 is 0 Å². The highest BCUT2D eigenvalue weighted by atomic mass is 15.4. The highest BCUT2D eigenvalue weighted by Crippen LogP contribution is 2.03. The van der Waals surface area contributed by atoms with E-state index in [2.05, 4.69) is 22.6 Å². The van der Waals surface area contributed by atoms with Crippen LogP contribution >= 0.6 is 0 Å². The summed E-state index contributed by atoms with van der Waals surface area (Å²) in [6, 6.07) is 10.2. The molecule has 14 heavy (non-hydrogen) atoms. The molecule has 0 saturated heterocycles. The van der Waals surface area contributed by atoms with E-state index >= 15 is 0 Å². The first-order valence-electron chi connectivity index (χ1n) is 4.81. The number of anilines is 1. The zero-order valence-corrected chi connectivity index (χ0v) is 8.77. The second kappa shape index (κ2) is 6.02. The van der Waals surface area contributed by atoms with Crippen molar-refractivity contribution in [3.05, 3.63) is 30.3 Å². The van der Waals surface area contributed by atoms with Crippen LogP contribution in [0.2, 0.25) is 0 Å². The Balaban J connectivity index is 2.22. The van der Waals surface area contributed by atoms with Crippen LogP contribution < -0.4 is 5.32 Å². The third-order valence-corrected chi connectivity index (χ3v) is 1.85. The number of likely N-dealkylation sites (N-methyl/N-ethyl adjacent to an activating group) is 1. The molecule has 0 spiro atoms. The molecule has 1 aromatic rings. The maximum Gasteiger partial charge on any atom is 0.0530 e. The standard InChI is InChI=1S/C11H17N3/c1-3-13-14(2)10-9-12-11-7-5-4-6-8-11/h3-8,12H,9-10H2,1-2H3/b13-3+. The van der Waals surface area contributed by atoms with Crippen LogP contribution in [0, 0.1) is 0 Å². The van der Waals surface area contributed by atoms with Gasteiger partial charge in [-0.1, -0.05) is 18.2 Å². The van der Waals surface area contributed by atoms with Crippen LogP contribution in [0.3, 0.4) is 0 Å². The monoisotopic (exact) mass is 191 g/mol. The zero-order valence-electron chi connectivity index (χ0n) is 8.77. The molecule has 1 N–H and O–H groups in total. The Morgan fingerprint density at radius 1 is 1.36 bits per heavy atom. The van der Waals surface area contributed by atoms with Gasteiger partial charge in [0.15, 0.2) is 0 Å². The molecular weight excluding hydrogens is 174 g/mol. The van der Waals surface area contributed by atoms with Crippen molar-refractivity contribution in [2.75, 3.05) is 25.5 Å². The average molecular weight is 191 g/mol. The number of hydrogen-bond acceptors (Lipinski definition) is 3. The molecule has 0 atom stereocenters. The topological polar surface area (TPSA) is 27.6 Å². The molecule has 0 radical (unpaired) electrons. The van der Waals surface area contributed by atoms with E-state index in [9.17, 15) is 0 Å². The van der Waals surface area contributed by atoms with Crippen molar-refractivity contribution in [3.8, 4) is 0 Å². The predicted molar refractivity (Wildman–Crippen MR) is 61.7 cm³/mol. The maximum atomic E-state index is 4.12. The summed E-state index contributed by atoms with van der Waals surface area (Å²) in [6.45, 7) is 3.72. The van der Waals surface area contributed by atoms with Crippen molar-refractivity contribution in [2.45, 2.75) is 6.92 Å². The van der Waals surface area contributed by atoms with Gasteiger partial charge in [-0.3, -0.25) is 5.01 Å². The highest BCUT2D eigenvalue weighted by Gasteiger charge is 1.92. The van der Waals surface area contributed by atoms with E-state index in [1.54, 1.807) is 6.21 Å². The third kappa shape index (κ3) is 3.94. The fourth-order valence-electron chi connectivity index (χ4n) is 1.17. The smallest absolute Gasteiger partial charge is 0.0530 e. The minimum absolute atomic E-state index is 0.901. The minimum atomic E-state index is 0.901. The van der Waals surface area contributed by atoms with E-state index in [-0.39, 0.29) is 0 Å². The fourth-order valence-corrected chi connectivity index (χ4v) is 1.17. The van der Waals surface area contributed by atoms with E-state index in [4.69, 9.17) is 0 Å². The van der Waals surface area contributed by atoms with Crippen LogP contribution in [0.4, 0.5) is 5.69 Å². The van der Waals surface area contributed by atoms with E-state index in [1.165, 1.54) is 0 Å². The van der Waals surface area contributed by atoms with Crippen molar-refractivity contribution in [1.82, 2.24) is 5.01 Å². The molecule has 0 amide bonds. The third-order valence-electron chi connectivity index (χ3n) is 1.85. The number of para-hydroxylation sites is 1. The van der Waals surface area contributed by atoms with Gasteiger partial charge in [0, 0.05) is 25.5 Å². The van der Waals surface area contributed by atoms with Crippen LogP contribution in [0.1, 0.15) is 6.92 Å². The summed E-state index contributed by atoms with van der Waals surface area (Å²) in [5, 5.41) is 9.36. The molecule has 1 aromatic carbocycles. The van der Waals surface area contributed by atoms with Crippen LogP contribution in [0.15, 0.2) is 35.4 Å². The van der Waals surface area contributed by atoms with Gasteiger partial charge in [0.25, 0.3) is 0 Å². The molecule has 0 unspecified atom stereocenters. The maximum absolute atomic E-state index is 4.12. The Hall–Kier alpha value is -1.51. The average Bonchev–Trinajstić information content (AvgIpc) is 2.20. The van der Waals surface area contributed by atoms with E-state index in [0.717, 1.165) is 18.8 Å². The summed E-state index contributed by atoms with van der Waals surface area (Å²) in [5.41, 5.74) is 1.15. The molecule has 0 fully saturated rings. The van der Waals surface area contributed by atoms with Crippen molar-refractivity contribution in [1.29, 1.82) is 0 Å². The first kappa shape index (κ1) is 10.6.